The molecule has 1 aliphatic heterocycles. The molecule has 0 fully saturated rings. The summed E-state index contributed by atoms with van der Waals surface area (Å²) in [5.74, 6) is -0.453. The summed E-state index contributed by atoms with van der Waals surface area (Å²) in [7, 11) is 0. The van der Waals surface area contributed by atoms with E-state index in [1.54, 1.807) is 12.1 Å². The van der Waals surface area contributed by atoms with Crippen molar-refractivity contribution in [2.24, 2.45) is 0 Å². The van der Waals surface area contributed by atoms with Crippen LogP contribution in [0.4, 0.5) is 9.18 Å². The van der Waals surface area contributed by atoms with E-state index in [-0.39, 0.29) is 24.6 Å². The molecule has 0 aliphatic carbocycles. The first-order valence-corrected chi connectivity index (χ1v) is 7.59. The van der Waals surface area contributed by atoms with Crippen LogP contribution in [-0.2, 0) is 16.1 Å². The van der Waals surface area contributed by atoms with Gasteiger partial charge in [0.15, 0.2) is 5.78 Å². The first-order chi connectivity index (χ1) is 11.6. The molecule has 0 saturated carbocycles. The maximum Gasteiger partial charge on any atom is 0.414 e. The molecule has 0 saturated heterocycles. The van der Waals surface area contributed by atoms with Crippen LogP contribution < -0.4 is 0 Å². The van der Waals surface area contributed by atoms with Crippen molar-refractivity contribution >= 4 is 11.9 Å². The number of hydrogen-bond donors (Lipinski definition) is 0. The summed E-state index contributed by atoms with van der Waals surface area (Å²) in [6.07, 6.45) is 2.37. The molecule has 1 unspecified atom stereocenters. The van der Waals surface area contributed by atoms with Crippen LogP contribution in [0.3, 0.4) is 0 Å². The van der Waals surface area contributed by atoms with Gasteiger partial charge in [0.1, 0.15) is 12.4 Å². The van der Waals surface area contributed by atoms with Gasteiger partial charge in [-0.2, -0.15) is 0 Å². The van der Waals surface area contributed by atoms with Crippen LogP contribution in [0.1, 0.15) is 23.6 Å². The van der Waals surface area contributed by atoms with E-state index in [0.29, 0.717) is 5.56 Å². The number of nitrogens with zero attached hydrogens (tertiary/aromatic N) is 1. The minimum absolute atomic E-state index is 0.0866. The quantitative estimate of drug-likeness (QED) is 0.857. The number of carbonyl (C=O) groups is 2. The van der Waals surface area contributed by atoms with E-state index in [0.717, 1.165) is 5.56 Å². The molecule has 3 rings (SSSR count). The van der Waals surface area contributed by atoms with E-state index in [9.17, 15) is 14.0 Å². The zero-order chi connectivity index (χ0) is 16.9. The van der Waals surface area contributed by atoms with Crippen molar-refractivity contribution in [2.75, 3.05) is 0 Å². The van der Waals surface area contributed by atoms with E-state index in [1.807, 2.05) is 30.3 Å². The molecule has 0 N–H and O–H groups in total. The zero-order valence-electron chi connectivity index (χ0n) is 12.9. The highest BCUT2D eigenvalue weighted by atomic mass is 19.1. The maximum absolute atomic E-state index is 13.1. The Morgan fingerprint density at radius 2 is 1.83 bits per heavy atom. The average Bonchev–Trinajstić information content (AvgIpc) is 2.61. The third-order valence-corrected chi connectivity index (χ3v) is 3.82. The Hall–Kier alpha value is -2.95. The topological polar surface area (TPSA) is 46.6 Å². The van der Waals surface area contributed by atoms with Crippen molar-refractivity contribution in [2.45, 2.75) is 19.1 Å². The Morgan fingerprint density at radius 1 is 1.12 bits per heavy atom. The summed E-state index contributed by atoms with van der Waals surface area (Å²) < 4.78 is 18.4. The monoisotopic (exact) mass is 325 g/mol. The van der Waals surface area contributed by atoms with Crippen LogP contribution in [0.25, 0.3) is 0 Å². The van der Waals surface area contributed by atoms with E-state index in [4.69, 9.17) is 4.74 Å². The maximum atomic E-state index is 13.1. The Morgan fingerprint density at radius 3 is 2.54 bits per heavy atom. The molecule has 2 aromatic rings. The smallest absolute Gasteiger partial charge is 0.414 e. The van der Waals surface area contributed by atoms with Gasteiger partial charge < -0.3 is 4.74 Å². The molecule has 0 bridgehead atoms. The molecule has 0 spiro atoms. The van der Waals surface area contributed by atoms with Gasteiger partial charge >= 0.3 is 6.09 Å². The van der Waals surface area contributed by atoms with Crippen LogP contribution in [0.15, 0.2) is 66.9 Å². The fourth-order valence-corrected chi connectivity index (χ4v) is 2.57. The van der Waals surface area contributed by atoms with Gasteiger partial charge in [0.05, 0.1) is 6.04 Å². The Bertz CT molecular complexity index is 756. The Labute approximate surface area is 139 Å². The molecule has 1 aliphatic rings. The molecule has 24 heavy (non-hydrogen) atoms. The minimum atomic E-state index is -0.545. The lowest BCUT2D eigenvalue weighted by Crippen LogP contribution is -2.34. The summed E-state index contributed by atoms with van der Waals surface area (Å²) >= 11 is 0. The predicted octanol–water partition coefficient (Wildman–Crippen LogP) is 3.99. The van der Waals surface area contributed by atoms with E-state index >= 15 is 0 Å². The van der Waals surface area contributed by atoms with Gasteiger partial charge in [0.25, 0.3) is 0 Å². The molecule has 5 heteroatoms. The van der Waals surface area contributed by atoms with Gasteiger partial charge in [-0.05, 0) is 29.3 Å². The number of benzene rings is 2. The number of ketones is 1. The fraction of sp³-hybridized carbons (Fsp3) is 0.158. The van der Waals surface area contributed by atoms with Gasteiger partial charge in [-0.25, -0.2) is 9.18 Å². The van der Waals surface area contributed by atoms with Crippen LogP contribution in [0.5, 0.6) is 0 Å². The Kier molecular flexibility index (Phi) is 4.70. The summed E-state index contributed by atoms with van der Waals surface area (Å²) in [4.78, 5) is 25.5. The third-order valence-electron chi connectivity index (χ3n) is 3.82. The van der Waals surface area contributed by atoms with Gasteiger partial charge in [0.2, 0.25) is 0 Å². The average molecular weight is 325 g/mol. The summed E-state index contributed by atoms with van der Waals surface area (Å²) in [6.45, 7) is 0.147. The number of amides is 1. The third kappa shape index (κ3) is 3.68. The molecule has 122 valence electrons. The molecular weight excluding hydrogens is 309 g/mol. The van der Waals surface area contributed by atoms with Crippen molar-refractivity contribution in [1.29, 1.82) is 0 Å². The molecule has 1 amide bonds. The van der Waals surface area contributed by atoms with Gasteiger partial charge in [-0.1, -0.05) is 42.5 Å². The van der Waals surface area contributed by atoms with Crippen LogP contribution in [0.2, 0.25) is 0 Å². The SMILES string of the molecule is O=C1C=CN(C(=O)OCc2ccccc2)C(c2ccc(F)cc2)C1. The summed E-state index contributed by atoms with van der Waals surface area (Å²) in [5, 5.41) is 0. The van der Waals surface area contributed by atoms with Crippen molar-refractivity contribution in [3.63, 3.8) is 0 Å². The van der Waals surface area contributed by atoms with Gasteiger partial charge in [-0.3, -0.25) is 9.69 Å². The highest BCUT2D eigenvalue weighted by Crippen LogP contribution is 2.29. The summed E-state index contributed by atoms with van der Waals surface area (Å²) in [6, 6.07) is 14.6. The van der Waals surface area contributed by atoms with Gasteiger partial charge in [0, 0.05) is 12.6 Å². The lowest BCUT2D eigenvalue weighted by molar-refractivity contribution is -0.116. The fourth-order valence-electron chi connectivity index (χ4n) is 2.57. The van der Waals surface area contributed by atoms with Crippen molar-refractivity contribution in [1.82, 2.24) is 4.90 Å². The number of carbonyl (C=O) groups excluding carboxylic acids is 2. The van der Waals surface area contributed by atoms with Crippen molar-refractivity contribution < 1.29 is 18.7 Å². The zero-order valence-corrected chi connectivity index (χ0v) is 12.9. The van der Waals surface area contributed by atoms with Crippen molar-refractivity contribution in [3.05, 3.63) is 83.8 Å². The molecule has 1 atom stereocenters. The first kappa shape index (κ1) is 15.9. The number of hydrogen-bond acceptors (Lipinski definition) is 3. The number of allylic oxidation sites excluding steroid dienone is 1. The molecule has 0 aromatic heterocycles. The van der Waals surface area contributed by atoms with E-state index in [2.05, 4.69) is 0 Å². The molecule has 1 heterocycles. The van der Waals surface area contributed by atoms with E-state index < -0.39 is 12.1 Å². The second-order valence-electron chi connectivity index (χ2n) is 5.50. The first-order valence-electron chi connectivity index (χ1n) is 7.59. The molecule has 0 radical (unpaired) electrons. The summed E-state index contributed by atoms with van der Waals surface area (Å²) in [5.41, 5.74) is 1.56. The molecule has 4 nitrogen and oxygen atoms in total. The lowest BCUT2D eigenvalue weighted by atomic mass is 9.98. The molecule has 2 aromatic carbocycles. The second-order valence-corrected chi connectivity index (χ2v) is 5.50. The van der Waals surface area contributed by atoms with Crippen LogP contribution in [0, 0.1) is 5.82 Å². The minimum Gasteiger partial charge on any atom is -0.444 e. The number of halogens is 1. The van der Waals surface area contributed by atoms with Crippen LogP contribution >= 0.6 is 0 Å². The van der Waals surface area contributed by atoms with Crippen LogP contribution in [-0.4, -0.2) is 16.8 Å². The standard InChI is InChI=1S/C19H16FNO3/c20-16-8-6-15(7-9-16)18-12-17(22)10-11-21(18)19(23)24-13-14-4-2-1-3-5-14/h1-11,18H,12-13H2. The highest BCUT2D eigenvalue weighted by Gasteiger charge is 2.29. The second kappa shape index (κ2) is 7.08. The number of ether oxygens (including phenoxy) is 1. The van der Waals surface area contributed by atoms with Gasteiger partial charge in [-0.15, -0.1) is 0 Å². The largest absolute Gasteiger partial charge is 0.444 e. The lowest BCUT2D eigenvalue weighted by Gasteiger charge is -2.30. The normalized spacial score (nSPS) is 17.0. The van der Waals surface area contributed by atoms with E-state index in [1.165, 1.54) is 29.3 Å². The molecular formula is C19H16FNO3. The Balaban J connectivity index is 1.75. The predicted molar refractivity (Wildman–Crippen MR) is 86.4 cm³/mol. The van der Waals surface area contributed by atoms with Crippen molar-refractivity contribution in [3.8, 4) is 0 Å². The highest BCUT2D eigenvalue weighted by molar-refractivity contribution is 5.92. The number of rotatable bonds is 3.